The van der Waals surface area contributed by atoms with Gasteiger partial charge in [-0.15, -0.1) is 0 Å². The summed E-state index contributed by atoms with van der Waals surface area (Å²) in [7, 11) is -2.26. The normalized spacial score (nSPS) is 10.6. The third-order valence-corrected chi connectivity index (χ3v) is 2.87. The van der Waals surface area contributed by atoms with Crippen molar-refractivity contribution in [2.24, 2.45) is 0 Å². The molecule has 0 aromatic heterocycles. The Morgan fingerprint density at radius 2 is 1.82 bits per heavy atom. The topological polar surface area (TPSA) is 40.5 Å². The van der Waals surface area contributed by atoms with Crippen LogP contribution >= 0.6 is 0 Å². The van der Waals surface area contributed by atoms with Gasteiger partial charge in [0.1, 0.15) is 0 Å². The molecule has 2 nitrogen and oxygen atoms in total. The van der Waals surface area contributed by atoms with Gasteiger partial charge in [-0.3, -0.25) is 0 Å². The van der Waals surface area contributed by atoms with Gasteiger partial charge in [0.05, 0.1) is 0 Å². The summed E-state index contributed by atoms with van der Waals surface area (Å²) in [5.41, 5.74) is 2.10. The summed E-state index contributed by atoms with van der Waals surface area (Å²) in [6.07, 6.45) is 0. The Morgan fingerprint density at radius 1 is 1.18 bits per heavy atom. The van der Waals surface area contributed by atoms with Crippen molar-refractivity contribution < 1.29 is 9.59 Å². The van der Waals surface area contributed by atoms with Gasteiger partial charge in [-0.2, -0.15) is 0 Å². The van der Waals surface area contributed by atoms with E-state index in [1.165, 1.54) is 0 Å². The Bertz CT molecular complexity index is 258. The van der Waals surface area contributed by atoms with Crippen LogP contribution in [-0.4, -0.2) is 18.9 Å². The molecule has 2 N–H and O–H groups in total. The summed E-state index contributed by atoms with van der Waals surface area (Å²) in [5.74, 6) is 0. The Kier molecular flexibility index (Phi) is 2.44. The molecule has 0 fully saturated rings. The summed E-state index contributed by atoms with van der Waals surface area (Å²) in [5, 5.41) is 0.690. The van der Waals surface area contributed by atoms with E-state index in [0.717, 1.165) is 11.1 Å². The molecular formula is C8H11O2Si. The summed E-state index contributed by atoms with van der Waals surface area (Å²) >= 11 is 0. The summed E-state index contributed by atoms with van der Waals surface area (Å²) in [4.78, 5) is 18.0. The molecule has 1 aromatic carbocycles. The Morgan fingerprint density at radius 3 is 2.27 bits per heavy atom. The second-order valence-electron chi connectivity index (χ2n) is 2.57. The van der Waals surface area contributed by atoms with Crippen LogP contribution in [0.1, 0.15) is 11.1 Å². The maximum atomic E-state index is 8.99. The minimum absolute atomic E-state index is 0.690. The van der Waals surface area contributed by atoms with Gasteiger partial charge < -0.3 is 9.59 Å². The molecular weight excluding hydrogens is 156 g/mol. The van der Waals surface area contributed by atoms with Crippen molar-refractivity contribution in [2.75, 3.05) is 0 Å². The van der Waals surface area contributed by atoms with Gasteiger partial charge in [0.2, 0.25) is 0 Å². The van der Waals surface area contributed by atoms with Crippen molar-refractivity contribution in [3.05, 3.63) is 29.3 Å². The first-order valence-corrected chi connectivity index (χ1v) is 4.84. The second kappa shape index (κ2) is 3.17. The van der Waals surface area contributed by atoms with E-state index >= 15 is 0 Å². The average Bonchev–Trinajstić information content (AvgIpc) is 1.94. The first-order chi connectivity index (χ1) is 5.13. The van der Waals surface area contributed by atoms with E-state index in [2.05, 4.69) is 0 Å². The van der Waals surface area contributed by atoms with Crippen molar-refractivity contribution in [1.82, 2.24) is 0 Å². The number of hydrogen-bond donors (Lipinski definition) is 2. The molecule has 0 heterocycles. The molecule has 0 saturated heterocycles. The molecule has 0 saturated carbocycles. The lowest BCUT2D eigenvalue weighted by atomic mass is 10.1. The van der Waals surface area contributed by atoms with E-state index in [4.69, 9.17) is 9.59 Å². The molecule has 1 aromatic rings. The van der Waals surface area contributed by atoms with Crippen molar-refractivity contribution in [3.8, 4) is 0 Å². The van der Waals surface area contributed by atoms with Crippen molar-refractivity contribution >= 4 is 14.5 Å². The second-order valence-corrected chi connectivity index (χ2v) is 3.76. The standard InChI is InChI=1S/C8H11O2Si/c1-6-4-3-5-8(7(6)2)11(9)10/h3-5,9-10H,1-2H3. The highest BCUT2D eigenvalue weighted by atomic mass is 28.3. The minimum atomic E-state index is -2.26. The number of aryl methyl sites for hydroxylation is 1. The zero-order valence-corrected chi connectivity index (χ0v) is 7.63. The number of hydrogen-bond acceptors (Lipinski definition) is 2. The highest BCUT2D eigenvalue weighted by molar-refractivity contribution is 6.59. The zero-order valence-electron chi connectivity index (χ0n) is 6.63. The van der Waals surface area contributed by atoms with Crippen LogP contribution in [0.5, 0.6) is 0 Å². The van der Waals surface area contributed by atoms with Crippen LogP contribution in [0.4, 0.5) is 0 Å². The van der Waals surface area contributed by atoms with Crippen LogP contribution in [-0.2, 0) is 0 Å². The lowest BCUT2D eigenvalue weighted by Crippen LogP contribution is -2.32. The molecule has 1 radical (unpaired) electrons. The van der Waals surface area contributed by atoms with Crippen LogP contribution in [0.3, 0.4) is 0 Å². The molecule has 0 atom stereocenters. The highest BCUT2D eigenvalue weighted by Crippen LogP contribution is 2.02. The SMILES string of the molecule is Cc1cccc([Si](O)O)c1C. The quantitative estimate of drug-likeness (QED) is 0.577. The Labute approximate surface area is 68.0 Å². The fraction of sp³-hybridized carbons (Fsp3) is 0.250. The van der Waals surface area contributed by atoms with E-state index in [1.807, 2.05) is 26.0 Å². The highest BCUT2D eigenvalue weighted by Gasteiger charge is 2.11. The molecule has 0 bridgehead atoms. The van der Waals surface area contributed by atoms with Crippen molar-refractivity contribution in [1.29, 1.82) is 0 Å². The van der Waals surface area contributed by atoms with Crippen LogP contribution < -0.4 is 5.19 Å². The predicted octanol–water partition coefficient (Wildman–Crippen LogP) is -0.0168. The third kappa shape index (κ3) is 1.68. The lowest BCUT2D eigenvalue weighted by Gasteiger charge is -2.06. The maximum Gasteiger partial charge on any atom is 0.418 e. The van der Waals surface area contributed by atoms with Gasteiger partial charge >= 0.3 is 9.28 Å². The zero-order chi connectivity index (χ0) is 8.43. The molecule has 1 rings (SSSR count). The summed E-state index contributed by atoms with van der Waals surface area (Å²) in [6.45, 7) is 3.87. The molecule has 0 amide bonds. The van der Waals surface area contributed by atoms with Gasteiger partial charge in [0.25, 0.3) is 0 Å². The third-order valence-electron chi connectivity index (χ3n) is 1.85. The number of rotatable bonds is 1. The first-order valence-electron chi connectivity index (χ1n) is 3.44. The van der Waals surface area contributed by atoms with Crippen molar-refractivity contribution in [2.45, 2.75) is 13.8 Å². The van der Waals surface area contributed by atoms with Crippen LogP contribution in [0.2, 0.25) is 0 Å². The average molecular weight is 167 g/mol. The molecule has 11 heavy (non-hydrogen) atoms. The molecule has 0 unspecified atom stereocenters. The monoisotopic (exact) mass is 167 g/mol. The summed E-state index contributed by atoms with van der Waals surface area (Å²) < 4.78 is 0. The van der Waals surface area contributed by atoms with E-state index in [0.29, 0.717) is 5.19 Å². The van der Waals surface area contributed by atoms with E-state index in [1.54, 1.807) is 6.07 Å². The van der Waals surface area contributed by atoms with Crippen LogP contribution in [0.15, 0.2) is 18.2 Å². The van der Waals surface area contributed by atoms with E-state index in [-0.39, 0.29) is 0 Å². The first kappa shape index (κ1) is 8.45. The molecule has 3 heteroatoms. The molecule has 0 aliphatic heterocycles. The fourth-order valence-corrected chi connectivity index (χ4v) is 1.77. The molecule has 0 aliphatic rings. The minimum Gasteiger partial charge on any atom is -0.406 e. The Hall–Kier alpha value is -0.643. The van der Waals surface area contributed by atoms with Gasteiger partial charge in [0.15, 0.2) is 0 Å². The molecule has 59 valence electrons. The van der Waals surface area contributed by atoms with E-state index < -0.39 is 9.28 Å². The lowest BCUT2D eigenvalue weighted by molar-refractivity contribution is 0.425. The Balaban J connectivity index is 3.17. The largest absolute Gasteiger partial charge is 0.418 e. The van der Waals surface area contributed by atoms with E-state index in [9.17, 15) is 0 Å². The van der Waals surface area contributed by atoms with Crippen LogP contribution in [0.25, 0.3) is 0 Å². The van der Waals surface area contributed by atoms with Crippen LogP contribution in [0, 0.1) is 13.8 Å². The smallest absolute Gasteiger partial charge is 0.406 e. The number of benzene rings is 1. The van der Waals surface area contributed by atoms with Gasteiger partial charge in [-0.1, -0.05) is 18.2 Å². The molecule has 0 aliphatic carbocycles. The van der Waals surface area contributed by atoms with Gasteiger partial charge in [0, 0.05) is 0 Å². The fourth-order valence-electron chi connectivity index (χ4n) is 0.993. The van der Waals surface area contributed by atoms with Gasteiger partial charge in [-0.05, 0) is 30.2 Å². The summed E-state index contributed by atoms with van der Waals surface area (Å²) in [6, 6.07) is 5.56. The maximum absolute atomic E-state index is 8.99. The van der Waals surface area contributed by atoms with Gasteiger partial charge in [-0.25, -0.2) is 0 Å². The van der Waals surface area contributed by atoms with Crippen molar-refractivity contribution in [3.63, 3.8) is 0 Å². The molecule has 0 spiro atoms. The predicted molar refractivity (Wildman–Crippen MR) is 45.7 cm³/mol.